The van der Waals surface area contributed by atoms with Gasteiger partial charge in [0.15, 0.2) is 0 Å². The summed E-state index contributed by atoms with van der Waals surface area (Å²) in [6.07, 6.45) is 4.57. The van der Waals surface area contributed by atoms with Crippen LogP contribution in [-0.4, -0.2) is 44.8 Å². The van der Waals surface area contributed by atoms with Crippen LogP contribution in [0.5, 0.6) is 0 Å². The van der Waals surface area contributed by atoms with Crippen molar-refractivity contribution in [3.8, 4) is 0 Å². The Hall–Kier alpha value is -0.940. The maximum absolute atomic E-state index is 4.21. The van der Waals surface area contributed by atoms with E-state index in [1.54, 1.807) is 0 Å². The summed E-state index contributed by atoms with van der Waals surface area (Å²) in [4.78, 5) is 2.56. The summed E-state index contributed by atoms with van der Waals surface area (Å²) in [6.45, 7) is 8.82. The molecule has 0 bridgehead atoms. The lowest BCUT2D eigenvalue weighted by Crippen LogP contribution is -2.49. The van der Waals surface area contributed by atoms with Gasteiger partial charge >= 0.3 is 0 Å². The van der Waals surface area contributed by atoms with Gasteiger partial charge in [0, 0.05) is 31.7 Å². The largest absolute Gasteiger partial charge is 0.315 e. The molecule has 5 heteroatoms. The molecule has 1 aliphatic carbocycles. The van der Waals surface area contributed by atoms with Crippen LogP contribution in [0.2, 0.25) is 0 Å². The van der Waals surface area contributed by atoms with Gasteiger partial charge < -0.3 is 9.88 Å². The molecular weight excluding hydrogens is 226 g/mol. The molecule has 0 amide bonds. The van der Waals surface area contributed by atoms with Crippen LogP contribution < -0.4 is 5.32 Å². The summed E-state index contributed by atoms with van der Waals surface area (Å²) in [5.74, 6) is 1.78. The van der Waals surface area contributed by atoms with E-state index in [-0.39, 0.29) is 0 Å². The predicted octanol–water partition coefficient (Wildman–Crippen LogP) is 0.870. The third-order valence-electron chi connectivity index (χ3n) is 4.10. The molecule has 2 aliphatic rings. The third kappa shape index (κ3) is 2.57. The molecule has 1 saturated carbocycles. The second kappa shape index (κ2) is 4.97. The van der Waals surface area contributed by atoms with Gasteiger partial charge in [0.1, 0.15) is 12.2 Å². The lowest BCUT2D eigenvalue weighted by Gasteiger charge is -2.37. The molecule has 2 heterocycles. The molecule has 1 fully saturated rings. The number of hydrogen-bond donors (Lipinski definition) is 1. The molecule has 0 aromatic carbocycles. The fourth-order valence-electron chi connectivity index (χ4n) is 2.73. The lowest BCUT2D eigenvalue weighted by molar-refractivity contribution is 0.116. The molecule has 5 nitrogen and oxygen atoms in total. The number of nitrogens with zero attached hydrogens (tertiary/aromatic N) is 4. The number of aromatic nitrogens is 3. The van der Waals surface area contributed by atoms with Gasteiger partial charge in [-0.25, -0.2) is 0 Å². The van der Waals surface area contributed by atoms with Gasteiger partial charge in [-0.1, -0.05) is 13.8 Å². The van der Waals surface area contributed by atoms with E-state index >= 15 is 0 Å². The highest BCUT2D eigenvalue weighted by molar-refractivity contribution is 4.93. The molecule has 1 aromatic heterocycles. The average Bonchev–Trinajstić information content (AvgIpc) is 3.05. The molecule has 0 spiro atoms. The highest BCUT2D eigenvalue weighted by atomic mass is 15.3. The molecule has 1 atom stereocenters. The maximum Gasteiger partial charge on any atom is 0.147 e. The van der Waals surface area contributed by atoms with Gasteiger partial charge in [-0.2, -0.15) is 0 Å². The van der Waals surface area contributed by atoms with Gasteiger partial charge in [0.05, 0.1) is 6.54 Å². The van der Waals surface area contributed by atoms with Crippen molar-refractivity contribution in [1.29, 1.82) is 0 Å². The van der Waals surface area contributed by atoms with E-state index in [1.807, 2.05) is 6.33 Å². The molecule has 1 N–H and O–H groups in total. The third-order valence-corrected chi connectivity index (χ3v) is 4.10. The summed E-state index contributed by atoms with van der Waals surface area (Å²) in [6, 6.07) is 1.40. The van der Waals surface area contributed by atoms with Gasteiger partial charge in [-0.3, -0.25) is 4.90 Å². The van der Waals surface area contributed by atoms with Crippen molar-refractivity contribution < 1.29 is 0 Å². The first-order chi connectivity index (χ1) is 8.74. The van der Waals surface area contributed by atoms with Crippen molar-refractivity contribution in [1.82, 2.24) is 25.0 Å². The molecule has 1 aromatic rings. The van der Waals surface area contributed by atoms with E-state index in [1.165, 1.54) is 12.8 Å². The Kier molecular flexibility index (Phi) is 3.35. The SMILES string of the molecule is CC(C)C(CNC1CC1)N1CCn2cnnc2C1. The van der Waals surface area contributed by atoms with Gasteiger partial charge in [-0.15, -0.1) is 10.2 Å². The minimum absolute atomic E-state index is 0.607. The van der Waals surface area contributed by atoms with E-state index < -0.39 is 0 Å². The zero-order valence-corrected chi connectivity index (χ0v) is 11.3. The molecule has 1 unspecified atom stereocenters. The predicted molar refractivity (Wildman–Crippen MR) is 70.1 cm³/mol. The minimum Gasteiger partial charge on any atom is -0.315 e. The normalized spacial score (nSPS) is 22.2. The average molecular weight is 249 g/mol. The van der Waals surface area contributed by atoms with Gasteiger partial charge in [0.25, 0.3) is 0 Å². The Labute approximate surface area is 109 Å². The van der Waals surface area contributed by atoms with Crippen molar-refractivity contribution in [2.45, 2.75) is 51.9 Å². The van der Waals surface area contributed by atoms with Crippen LogP contribution in [0.4, 0.5) is 0 Å². The first-order valence-corrected chi connectivity index (χ1v) is 7.08. The van der Waals surface area contributed by atoms with Crippen LogP contribution in [0.3, 0.4) is 0 Å². The van der Waals surface area contributed by atoms with Crippen molar-refractivity contribution in [3.05, 3.63) is 12.2 Å². The summed E-state index contributed by atoms with van der Waals surface area (Å²) >= 11 is 0. The van der Waals surface area contributed by atoms with Crippen LogP contribution in [0.25, 0.3) is 0 Å². The Morgan fingerprint density at radius 2 is 2.22 bits per heavy atom. The van der Waals surface area contributed by atoms with Gasteiger partial charge in [0.2, 0.25) is 0 Å². The van der Waals surface area contributed by atoms with E-state index in [4.69, 9.17) is 0 Å². The van der Waals surface area contributed by atoms with Crippen molar-refractivity contribution >= 4 is 0 Å². The van der Waals surface area contributed by atoms with E-state index in [0.717, 1.165) is 38.0 Å². The summed E-state index contributed by atoms with van der Waals surface area (Å²) in [7, 11) is 0. The number of rotatable bonds is 5. The van der Waals surface area contributed by atoms with Gasteiger partial charge in [-0.05, 0) is 18.8 Å². The first-order valence-electron chi connectivity index (χ1n) is 7.08. The Morgan fingerprint density at radius 3 is 2.94 bits per heavy atom. The van der Waals surface area contributed by atoms with Crippen LogP contribution in [-0.2, 0) is 13.1 Å². The van der Waals surface area contributed by atoms with Crippen LogP contribution >= 0.6 is 0 Å². The second-order valence-electron chi connectivity index (χ2n) is 5.90. The summed E-state index contributed by atoms with van der Waals surface area (Å²) in [5, 5.41) is 11.9. The Balaban J connectivity index is 1.63. The zero-order chi connectivity index (χ0) is 12.5. The van der Waals surface area contributed by atoms with E-state index in [9.17, 15) is 0 Å². The van der Waals surface area contributed by atoms with Crippen LogP contribution in [0.15, 0.2) is 6.33 Å². The Bertz CT molecular complexity index is 396. The van der Waals surface area contributed by atoms with E-state index in [0.29, 0.717) is 12.0 Å². The number of hydrogen-bond acceptors (Lipinski definition) is 4. The quantitative estimate of drug-likeness (QED) is 0.841. The molecular formula is C13H23N5. The fourth-order valence-corrected chi connectivity index (χ4v) is 2.73. The van der Waals surface area contributed by atoms with Crippen LogP contribution in [0.1, 0.15) is 32.5 Å². The maximum atomic E-state index is 4.21. The van der Waals surface area contributed by atoms with E-state index in [2.05, 4.69) is 38.8 Å². The molecule has 0 radical (unpaired) electrons. The second-order valence-corrected chi connectivity index (χ2v) is 5.90. The Morgan fingerprint density at radius 1 is 1.39 bits per heavy atom. The van der Waals surface area contributed by atoms with Crippen molar-refractivity contribution in [2.75, 3.05) is 13.1 Å². The molecule has 1 aliphatic heterocycles. The highest BCUT2D eigenvalue weighted by Crippen LogP contribution is 2.21. The zero-order valence-electron chi connectivity index (χ0n) is 11.3. The molecule has 18 heavy (non-hydrogen) atoms. The molecule has 3 rings (SSSR count). The number of nitrogens with one attached hydrogen (secondary N) is 1. The highest BCUT2D eigenvalue weighted by Gasteiger charge is 2.29. The smallest absolute Gasteiger partial charge is 0.147 e. The molecule has 0 saturated heterocycles. The minimum atomic E-state index is 0.607. The molecule has 100 valence electrons. The first kappa shape index (κ1) is 12.1. The van der Waals surface area contributed by atoms with Crippen LogP contribution in [0, 0.1) is 5.92 Å². The topological polar surface area (TPSA) is 46.0 Å². The fraction of sp³-hybridized carbons (Fsp3) is 0.846. The van der Waals surface area contributed by atoms with Crippen molar-refractivity contribution in [3.63, 3.8) is 0 Å². The standard InChI is InChI=1S/C13H23N5/c1-10(2)12(7-14-11-3-4-11)17-5-6-18-9-15-16-13(18)8-17/h9-12,14H,3-8H2,1-2H3. The van der Waals surface area contributed by atoms with Crippen molar-refractivity contribution in [2.24, 2.45) is 5.92 Å². The number of fused-ring (bicyclic) bond motifs is 1. The summed E-state index contributed by atoms with van der Waals surface area (Å²) < 4.78 is 2.17. The monoisotopic (exact) mass is 249 g/mol. The lowest BCUT2D eigenvalue weighted by atomic mass is 10.0. The summed E-state index contributed by atoms with van der Waals surface area (Å²) in [5.41, 5.74) is 0.